The zero-order valence-corrected chi connectivity index (χ0v) is 62.2. The van der Waals surface area contributed by atoms with Crippen LogP contribution in [-0.2, 0) is 65.4 Å². The highest BCUT2D eigenvalue weighted by Crippen LogP contribution is 2.45. The molecule has 0 amide bonds. The summed E-state index contributed by atoms with van der Waals surface area (Å²) >= 11 is 0. The number of carbonyl (C=O) groups is 4. The van der Waals surface area contributed by atoms with Gasteiger partial charge in [0.25, 0.3) is 0 Å². The van der Waals surface area contributed by atoms with E-state index in [-0.39, 0.29) is 25.7 Å². The maximum atomic E-state index is 13.1. The molecule has 556 valence electrons. The molecule has 0 aliphatic heterocycles. The Morgan fingerprint density at radius 1 is 0.306 bits per heavy atom. The number of aliphatic hydroxyl groups excluding tert-OH is 1. The maximum absolute atomic E-state index is 13.1. The molecule has 0 saturated carbocycles. The molecule has 0 heterocycles. The SMILES string of the molecule is CC/C=C\C/C=C\C/C=C\C/C=C\C/C=C\CC(=O)OCC(COP(=O)(O)OCC(O)COP(=O)(O)OCC(COC(=O)CCCCCCC/C=C\C/C=C\C/C=C\CC)OC(=O)CCCCCCC/C=C\C/C=C\C/C=C\CC)OC(=O)CCCCCCC/C=C\C/C=C\CCC. The lowest BCUT2D eigenvalue weighted by Gasteiger charge is -2.21. The molecule has 19 heteroatoms. The molecule has 0 aromatic heterocycles. The predicted molar refractivity (Wildman–Crippen MR) is 399 cm³/mol. The third-order valence-electron chi connectivity index (χ3n) is 14.5. The first-order valence-corrected chi connectivity index (χ1v) is 39.7. The standard InChI is InChI=1S/C79H128O17P2/c1-5-9-13-17-21-25-29-33-36-40-43-47-51-55-59-63-76(81)89-69-74(95-78(83)65-61-57-53-49-45-39-32-28-24-20-16-12-8-4)71-93-97(85,86)91-67-73(80)68-92-98(87,88)94-72-75(96-79(84)66-62-58-54-50-46-42-38-35-31-27-23-19-15-11-7-3)70-90-77(82)64-60-56-52-48-44-41-37-34-30-26-22-18-14-10-6-2/h9-11,13-16,20-23,25-28,32-38,43,47,55,59,73-75,80H,5-8,12,17-19,24,29-31,39-42,44-46,48-54,56-58,60-72H2,1-4H3,(H,85,86)(H,87,88)/b13-9-,14-10-,15-11-,20-16-,25-21-,26-22-,27-23-,32-28-,36-33-,37-34-,38-35-,47-43-,59-55-. The van der Waals surface area contributed by atoms with Gasteiger partial charge < -0.3 is 33.8 Å². The van der Waals surface area contributed by atoms with Crippen LogP contribution in [0.2, 0.25) is 0 Å². The van der Waals surface area contributed by atoms with Crippen molar-refractivity contribution in [3.8, 4) is 0 Å². The predicted octanol–water partition coefficient (Wildman–Crippen LogP) is 20.9. The number of phosphoric acid groups is 2. The van der Waals surface area contributed by atoms with E-state index in [1.54, 1.807) is 6.08 Å². The summed E-state index contributed by atoms with van der Waals surface area (Å²) < 4.78 is 68.2. The van der Waals surface area contributed by atoms with Gasteiger partial charge in [-0.05, 0) is 141 Å². The van der Waals surface area contributed by atoms with E-state index in [4.69, 9.17) is 37.0 Å². The molecule has 0 saturated heterocycles. The highest BCUT2D eigenvalue weighted by molar-refractivity contribution is 7.47. The van der Waals surface area contributed by atoms with Crippen LogP contribution in [0, 0.1) is 0 Å². The Balaban J connectivity index is 5.46. The first kappa shape index (κ1) is 92.7. The van der Waals surface area contributed by atoms with E-state index in [2.05, 4.69) is 161 Å². The molecule has 5 atom stereocenters. The smallest absolute Gasteiger partial charge is 0.462 e. The van der Waals surface area contributed by atoms with Crippen molar-refractivity contribution in [1.82, 2.24) is 0 Å². The number of unbranched alkanes of at least 4 members (excludes halogenated alkanes) is 16. The van der Waals surface area contributed by atoms with Crippen LogP contribution >= 0.6 is 15.6 Å². The molecule has 5 unspecified atom stereocenters. The van der Waals surface area contributed by atoms with Crippen LogP contribution in [0.25, 0.3) is 0 Å². The lowest BCUT2D eigenvalue weighted by atomic mass is 10.1. The van der Waals surface area contributed by atoms with Crippen LogP contribution in [0.5, 0.6) is 0 Å². The van der Waals surface area contributed by atoms with Crippen molar-refractivity contribution >= 4 is 39.5 Å². The molecule has 0 bridgehead atoms. The number of phosphoric ester groups is 2. The van der Waals surface area contributed by atoms with Crippen LogP contribution in [0.15, 0.2) is 158 Å². The summed E-state index contributed by atoms with van der Waals surface area (Å²) in [6.07, 6.45) is 79.9. The number of hydrogen-bond donors (Lipinski definition) is 3. The minimum atomic E-state index is -5.00. The van der Waals surface area contributed by atoms with Crippen molar-refractivity contribution in [1.29, 1.82) is 0 Å². The van der Waals surface area contributed by atoms with Crippen molar-refractivity contribution in [2.24, 2.45) is 0 Å². The Bertz CT molecular complexity index is 2480. The number of ether oxygens (including phenoxy) is 4. The molecule has 0 rings (SSSR count). The Morgan fingerprint density at radius 3 is 0.908 bits per heavy atom. The molecule has 0 fully saturated rings. The topological polar surface area (TPSA) is 237 Å². The number of hydrogen-bond acceptors (Lipinski definition) is 15. The van der Waals surface area contributed by atoms with E-state index in [0.717, 1.165) is 180 Å². The fourth-order valence-corrected chi connectivity index (χ4v) is 10.6. The van der Waals surface area contributed by atoms with Crippen molar-refractivity contribution in [3.05, 3.63) is 158 Å². The molecular formula is C79H128O17P2. The summed E-state index contributed by atoms with van der Waals surface area (Å²) in [6, 6.07) is 0. The molecule has 0 aromatic rings. The molecule has 17 nitrogen and oxygen atoms in total. The van der Waals surface area contributed by atoms with Crippen molar-refractivity contribution < 1.29 is 80.2 Å². The molecule has 0 spiro atoms. The van der Waals surface area contributed by atoms with Gasteiger partial charge in [0.15, 0.2) is 12.2 Å². The second kappa shape index (κ2) is 70.1. The lowest BCUT2D eigenvalue weighted by Crippen LogP contribution is -2.30. The van der Waals surface area contributed by atoms with Gasteiger partial charge in [-0.1, -0.05) is 250 Å². The van der Waals surface area contributed by atoms with Crippen molar-refractivity contribution in [3.63, 3.8) is 0 Å². The van der Waals surface area contributed by atoms with Gasteiger partial charge >= 0.3 is 39.5 Å². The second-order valence-electron chi connectivity index (χ2n) is 23.8. The average Bonchev–Trinajstić information content (AvgIpc) is 0.959. The van der Waals surface area contributed by atoms with E-state index in [9.17, 15) is 43.2 Å². The summed E-state index contributed by atoms with van der Waals surface area (Å²) in [4.78, 5) is 72.7. The Kier molecular flexibility index (Phi) is 66.3. The number of esters is 4. The van der Waals surface area contributed by atoms with Crippen LogP contribution in [0.3, 0.4) is 0 Å². The van der Waals surface area contributed by atoms with Crippen LogP contribution in [0.1, 0.15) is 259 Å². The van der Waals surface area contributed by atoms with Crippen LogP contribution < -0.4 is 0 Å². The molecule has 3 N–H and O–H groups in total. The first-order valence-electron chi connectivity index (χ1n) is 36.7. The molecular weight excluding hydrogens is 1280 g/mol. The van der Waals surface area contributed by atoms with Crippen LogP contribution in [-0.4, -0.2) is 96.7 Å². The maximum Gasteiger partial charge on any atom is 0.472 e. The van der Waals surface area contributed by atoms with Gasteiger partial charge in [-0.15, -0.1) is 0 Å². The quantitative estimate of drug-likeness (QED) is 0.0169. The van der Waals surface area contributed by atoms with Gasteiger partial charge in [-0.25, -0.2) is 9.13 Å². The van der Waals surface area contributed by atoms with Crippen LogP contribution in [0.4, 0.5) is 0 Å². The largest absolute Gasteiger partial charge is 0.472 e. The third-order valence-corrected chi connectivity index (χ3v) is 16.4. The monoisotopic (exact) mass is 1410 g/mol. The minimum absolute atomic E-state index is 0.0535. The third kappa shape index (κ3) is 69.2. The Morgan fingerprint density at radius 2 is 0.571 bits per heavy atom. The highest BCUT2D eigenvalue weighted by Gasteiger charge is 2.30. The van der Waals surface area contributed by atoms with Gasteiger partial charge in [0.1, 0.15) is 19.3 Å². The van der Waals surface area contributed by atoms with E-state index >= 15 is 0 Å². The minimum Gasteiger partial charge on any atom is -0.462 e. The van der Waals surface area contributed by atoms with E-state index in [1.807, 2.05) is 18.2 Å². The molecule has 0 aliphatic carbocycles. The number of rotatable bonds is 67. The molecule has 0 aliphatic rings. The summed E-state index contributed by atoms with van der Waals surface area (Å²) in [5, 5.41) is 10.6. The van der Waals surface area contributed by atoms with E-state index in [1.165, 1.54) is 0 Å². The zero-order chi connectivity index (χ0) is 71.8. The van der Waals surface area contributed by atoms with Gasteiger partial charge in [-0.2, -0.15) is 0 Å². The first-order chi connectivity index (χ1) is 47.7. The number of allylic oxidation sites excluding steroid dienone is 25. The molecule has 0 radical (unpaired) electrons. The van der Waals surface area contributed by atoms with Gasteiger partial charge in [0.05, 0.1) is 32.8 Å². The fourth-order valence-electron chi connectivity index (χ4n) is 9.00. The lowest BCUT2D eigenvalue weighted by molar-refractivity contribution is -0.161. The number of carbonyl (C=O) groups excluding carboxylic acids is 4. The molecule has 0 aromatic carbocycles. The van der Waals surface area contributed by atoms with Gasteiger partial charge in [0.2, 0.25) is 0 Å². The second-order valence-corrected chi connectivity index (χ2v) is 26.7. The van der Waals surface area contributed by atoms with Crippen molar-refractivity contribution in [2.45, 2.75) is 277 Å². The summed E-state index contributed by atoms with van der Waals surface area (Å²) in [6.45, 7) is 4.26. The van der Waals surface area contributed by atoms with E-state index in [0.29, 0.717) is 25.7 Å². The number of aliphatic hydroxyl groups is 1. The molecule has 98 heavy (non-hydrogen) atoms. The highest BCUT2D eigenvalue weighted by atomic mass is 31.2. The zero-order valence-electron chi connectivity index (χ0n) is 60.4. The summed E-state index contributed by atoms with van der Waals surface area (Å²) in [7, 11) is -10.00. The van der Waals surface area contributed by atoms with Crippen molar-refractivity contribution in [2.75, 3.05) is 39.6 Å². The Labute approximate surface area is 591 Å². The van der Waals surface area contributed by atoms with Gasteiger partial charge in [0, 0.05) is 19.3 Å². The Hall–Kier alpha value is -5.32. The van der Waals surface area contributed by atoms with E-state index < -0.39 is 97.5 Å². The fraction of sp³-hybridized carbons (Fsp3) is 0.620. The average molecular weight is 1410 g/mol. The van der Waals surface area contributed by atoms with Gasteiger partial charge in [-0.3, -0.25) is 37.3 Å². The summed E-state index contributed by atoms with van der Waals surface area (Å²) in [5.41, 5.74) is 0. The summed E-state index contributed by atoms with van der Waals surface area (Å²) in [5.74, 6) is -2.39. The normalized spacial score (nSPS) is 14.9.